The molecule has 0 unspecified atom stereocenters. The maximum atomic E-state index is 12.8. The lowest BCUT2D eigenvalue weighted by Crippen LogP contribution is -2.67. The number of anilines is 2. The zero-order chi connectivity index (χ0) is 23.9. The predicted octanol–water partition coefficient (Wildman–Crippen LogP) is 3.87. The number of urea groups is 1. The number of nitrogens with one attached hydrogen (secondary N) is 2. The lowest BCUT2D eigenvalue weighted by atomic mass is 9.78. The Hall–Kier alpha value is -3.81. The van der Waals surface area contributed by atoms with Gasteiger partial charge < -0.3 is 15.0 Å². The van der Waals surface area contributed by atoms with Gasteiger partial charge in [-0.25, -0.2) is 14.8 Å². The summed E-state index contributed by atoms with van der Waals surface area (Å²) in [6.07, 6.45) is 0. The predicted molar refractivity (Wildman–Crippen MR) is 128 cm³/mol. The molecule has 2 fully saturated rings. The Morgan fingerprint density at radius 2 is 1.94 bits per heavy atom. The highest BCUT2D eigenvalue weighted by Gasteiger charge is 2.50. The maximum absolute atomic E-state index is 12.8. The van der Waals surface area contributed by atoms with Crippen molar-refractivity contribution in [3.05, 3.63) is 47.7 Å². The van der Waals surface area contributed by atoms with E-state index in [0.29, 0.717) is 48.5 Å². The van der Waals surface area contributed by atoms with E-state index in [0.717, 1.165) is 21.7 Å². The van der Waals surface area contributed by atoms with Crippen molar-refractivity contribution >= 4 is 34.2 Å². The Bertz CT molecular complexity index is 1330. The van der Waals surface area contributed by atoms with Crippen LogP contribution in [0.25, 0.3) is 21.7 Å². The number of carbonyl (C=O) groups excluding carboxylic acids is 2. The number of hydrogen-bond donors (Lipinski definition) is 2. The fraction of sp³-hybridized carbons (Fsp3) is 0.292. The highest BCUT2D eigenvalue weighted by Crippen LogP contribution is 2.41. The molecule has 2 N–H and O–H groups in total. The van der Waals surface area contributed by atoms with E-state index in [2.05, 4.69) is 21.7 Å². The number of aryl methyl sites for hydroxylation is 1. The first-order valence-corrected chi connectivity index (χ1v) is 11.6. The number of amides is 3. The molecular formula is C24H22N6O3S. The summed E-state index contributed by atoms with van der Waals surface area (Å²) in [4.78, 5) is 36.0. The molecule has 0 bridgehead atoms. The van der Waals surface area contributed by atoms with Gasteiger partial charge in [-0.2, -0.15) is 5.26 Å². The van der Waals surface area contributed by atoms with E-state index in [-0.39, 0.29) is 17.4 Å². The summed E-state index contributed by atoms with van der Waals surface area (Å²) in [5.74, 6) is 0.222. The van der Waals surface area contributed by atoms with Gasteiger partial charge in [0.1, 0.15) is 5.82 Å². The second-order valence-electron chi connectivity index (χ2n) is 8.73. The van der Waals surface area contributed by atoms with Crippen molar-refractivity contribution in [2.24, 2.45) is 5.41 Å². The molecular weight excluding hydrogens is 452 g/mol. The van der Waals surface area contributed by atoms with Crippen molar-refractivity contribution in [2.75, 3.05) is 36.9 Å². The quantitative estimate of drug-likeness (QED) is 0.592. The molecule has 4 heterocycles. The number of nitrogens with zero attached hydrogens (tertiary/aromatic N) is 4. The number of thiazole rings is 1. The summed E-state index contributed by atoms with van der Waals surface area (Å²) in [6.45, 7) is 6.04. The van der Waals surface area contributed by atoms with E-state index >= 15 is 0 Å². The van der Waals surface area contributed by atoms with Crippen LogP contribution in [-0.4, -0.2) is 53.1 Å². The fourth-order valence-electron chi connectivity index (χ4n) is 4.20. The maximum Gasteiger partial charge on any atom is 0.323 e. The van der Waals surface area contributed by atoms with Crippen LogP contribution in [0.15, 0.2) is 36.4 Å². The molecule has 1 aromatic carbocycles. The van der Waals surface area contributed by atoms with E-state index in [1.807, 2.05) is 19.1 Å². The van der Waals surface area contributed by atoms with Gasteiger partial charge in [0.2, 0.25) is 5.91 Å². The highest BCUT2D eigenvalue weighted by molar-refractivity contribution is 7.19. The number of aromatic nitrogens is 2. The first kappa shape index (κ1) is 22.0. The third-order valence-corrected chi connectivity index (χ3v) is 6.80. The van der Waals surface area contributed by atoms with Crippen LogP contribution in [0.3, 0.4) is 0 Å². The molecule has 0 radical (unpaired) electrons. The molecule has 3 aromatic rings. The summed E-state index contributed by atoms with van der Waals surface area (Å²) in [6, 6.07) is 12.8. The lowest BCUT2D eigenvalue weighted by molar-refractivity contribution is -0.174. The van der Waals surface area contributed by atoms with Gasteiger partial charge >= 0.3 is 6.03 Å². The number of hydrogen-bond acceptors (Lipinski definition) is 7. The Morgan fingerprint density at radius 1 is 1.15 bits per heavy atom. The van der Waals surface area contributed by atoms with Crippen molar-refractivity contribution in [2.45, 2.75) is 13.8 Å². The first-order valence-electron chi connectivity index (χ1n) is 10.8. The largest absolute Gasteiger partial charge is 0.380 e. The normalized spacial score (nSPS) is 15.7. The van der Waals surface area contributed by atoms with Crippen LogP contribution in [0.5, 0.6) is 0 Å². The molecule has 3 amide bonds. The standard InChI is InChI=1S/C24H22N6O3S/c1-14-6-18(8-19(26-14)27-15(2)31)21-20(17-5-3-4-16(7-17)9-25)28-22(34-21)29-23(32)30-10-24(11-30)12-33-13-24/h3-8H,10-13H2,1-2H3,(H,26,27,31)(H,28,29,32). The van der Waals surface area contributed by atoms with Crippen LogP contribution < -0.4 is 10.6 Å². The van der Waals surface area contributed by atoms with Gasteiger partial charge in [0.05, 0.1) is 40.8 Å². The van der Waals surface area contributed by atoms with E-state index in [4.69, 9.17) is 9.72 Å². The van der Waals surface area contributed by atoms with Crippen LogP contribution >= 0.6 is 11.3 Å². The topological polar surface area (TPSA) is 120 Å². The Kier molecular flexibility index (Phi) is 5.51. The molecule has 2 aliphatic heterocycles. The number of likely N-dealkylation sites (tertiary alicyclic amines) is 1. The van der Waals surface area contributed by atoms with Crippen molar-refractivity contribution in [1.29, 1.82) is 5.26 Å². The smallest absolute Gasteiger partial charge is 0.323 e. The van der Waals surface area contributed by atoms with Gasteiger partial charge in [-0.05, 0) is 36.8 Å². The summed E-state index contributed by atoms with van der Waals surface area (Å²) in [5, 5.41) is 15.5. The fourth-order valence-corrected chi connectivity index (χ4v) is 5.16. The second-order valence-corrected chi connectivity index (χ2v) is 9.73. The molecule has 10 heteroatoms. The molecule has 1 spiro atoms. The van der Waals surface area contributed by atoms with Gasteiger partial charge in [0.15, 0.2) is 5.13 Å². The number of benzene rings is 1. The Labute approximate surface area is 200 Å². The molecule has 2 saturated heterocycles. The van der Waals surface area contributed by atoms with Crippen LogP contribution in [0.2, 0.25) is 0 Å². The minimum absolute atomic E-state index is 0.128. The molecule has 9 nitrogen and oxygen atoms in total. The summed E-state index contributed by atoms with van der Waals surface area (Å²) < 4.78 is 5.28. The highest BCUT2D eigenvalue weighted by atomic mass is 32.1. The van der Waals surface area contributed by atoms with Crippen LogP contribution in [0, 0.1) is 23.7 Å². The third kappa shape index (κ3) is 4.23. The van der Waals surface area contributed by atoms with Crippen molar-refractivity contribution < 1.29 is 14.3 Å². The van der Waals surface area contributed by atoms with Gasteiger partial charge in [0, 0.05) is 31.3 Å². The Balaban J connectivity index is 1.50. The minimum atomic E-state index is -0.215. The molecule has 172 valence electrons. The van der Waals surface area contributed by atoms with Crippen LogP contribution in [0.1, 0.15) is 18.2 Å². The molecule has 0 saturated carbocycles. The average Bonchev–Trinajstić information content (AvgIpc) is 3.14. The van der Waals surface area contributed by atoms with Gasteiger partial charge in [-0.1, -0.05) is 23.5 Å². The summed E-state index contributed by atoms with van der Waals surface area (Å²) >= 11 is 1.34. The summed E-state index contributed by atoms with van der Waals surface area (Å²) in [5.41, 5.74) is 3.58. The van der Waals surface area contributed by atoms with Crippen molar-refractivity contribution in [3.63, 3.8) is 0 Å². The molecule has 0 atom stereocenters. The van der Waals surface area contributed by atoms with E-state index in [1.165, 1.54) is 18.3 Å². The molecule has 2 aliphatic rings. The minimum Gasteiger partial charge on any atom is -0.380 e. The first-order chi connectivity index (χ1) is 16.3. The monoisotopic (exact) mass is 474 g/mol. The molecule has 2 aromatic heterocycles. The van der Waals surface area contributed by atoms with E-state index in [1.54, 1.807) is 29.2 Å². The van der Waals surface area contributed by atoms with Gasteiger partial charge in [-0.3, -0.25) is 10.1 Å². The number of rotatable bonds is 4. The van der Waals surface area contributed by atoms with Crippen molar-refractivity contribution in [3.8, 4) is 27.8 Å². The van der Waals surface area contributed by atoms with Gasteiger partial charge in [-0.15, -0.1) is 0 Å². The molecule has 34 heavy (non-hydrogen) atoms. The number of carbonyl (C=O) groups is 2. The van der Waals surface area contributed by atoms with Crippen LogP contribution in [0.4, 0.5) is 15.7 Å². The SMILES string of the molecule is CC(=O)Nc1cc(-c2sc(NC(=O)N3CC4(COC4)C3)nc2-c2cccc(C#N)c2)cc(C)n1. The van der Waals surface area contributed by atoms with Gasteiger partial charge in [0.25, 0.3) is 0 Å². The lowest BCUT2D eigenvalue weighted by Gasteiger charge is -2.54. The Morgan fingerprint density at radius 3 is 2.62 bits per heavy atom. The second kappa shape index (κ2) is 8.52. The molecule has 5 rings (SSSR count). The third-order valence-electron chi connectivity index (χ3n) is 5.78. The average molecular weight is 475 g/mol. The van der Waals surface area contributed by atoms with E-state index in [9.17, 15) is 14.9 Å². The number of pyridine rings is 1. The summed E-state index contributed by atoms with van der Waals surface area (Å²) in [7, 11) is 0. The zero-order valence-corrected chi connectivity index (χ0v) is 19.5. The van der Waals surface area contributed by atoms with E-state index < -0.39 is 0 Å². The number of ether oxygens (including phenoxy) is 1. The number of nitriles is 1. The zero-order valence-electron chi connectivity index (χ0n) is 18.7. The molecule has 0 aliphatic carbocycles. The van der Waals surface area contributed by atoms with Crippen molar-refractivity contribution in [1.82, 2.24) is 14.9 Å². The van der Waals surface area contributed by atoms with Crippen LogP contribution in [-0.2, 0) is 9.53 Å².